The summed E-state index contributed by atoms with van der Waals surface area (Å²) in [6.07, 6.45) is -1.51. The molecule has 0 radical (unpaired) electrons. The van der Waals surface area contributed by atoms with Gasteiger partial charge in [0.1, 0.15) is 0 Å². The molecule has 0 heterocycles. The Bertz CT molecular complexity index is 238. The Labute approximate surface area is 101 Å². The van der Waals surface area contributed by atoms with Crippen molar-refractivity contribution >= 4 is 0 Å². The lowest BCUT2D eigenvalue weighted by Crippen LogP contribution is -2.49. The number of hydrogen-bond acceptors (Lipinski definition) is 2. The van der Waals surface area contributed by atoms with Crippen molar-refractivity contribution in [2.24, 2.45) is 17.6 Å². The second-order valence-corrected chi connectivity index (χ2v) is 5.66. The summed E-state index contributed by atoms with van der Waals surface area (Å²) in [5, 5.41) is 3.16. The highest BCUT2D eigenvalue weighted by atomic mass is 19.4. The van der Waals surface area contributed by atoms with E-state index >= 15 is 0 Å². The molecule has 0 saturated heterocycles. The predicted molar refractivity (Wildman–Crippen MR) is 62.6 cm³/mol. The van der Waals surface area contributed by atoms with E-state index in [1.165, 1.54) is 0 Å². The molecule has 0 aromatic carbocycles. The van der Waals surface area contributed by atoms with Crippen LogP contribution in [0.25, 0.3) is 0 Å². The zero-order valence-electron chi connectivity index (χ0n) is 10.6. The minimum Gasteiger partial charge on any atom is -0.329 e. The summed E-state index contributed by atoms with van der Waals surface area (Å²) < 4.78 is 38.5. The SMILES string of the molecule is CC(C)(CN)NCC1CCCCC1C(F)(F)F. The third-order valence-corrected chi connectivity index (χ3v) is 3.68. The van der Waals surface area contributed by atoms with Crippen LogP contribution in [0.4, 0.5) is 13.2 Å². The van der Waals surface area contributed by atoms with Gasteiger partial charge in [0.05, 0.1) is 5.92 Å². The Balaban J connectivity index is 2.55. The smallest absolute Gasteiger partial charge is 0.329 e. The van der Waals surface area contributed by atoms with Crippen molar-refractivity contribution in [3.8, 4) is 0 Å². The maximum Gasteiger partial charge on any atom is 0.392 e. The Kier molecular flexibility index (Phi) is 4.84. The standard InChI is InChI=1S/C12H23F3N2/c1-11(2,8-16)17-7-9-5-3-4-6-10(9)12(13,14)15/h9-10,17H,3-8,16H2,1-2H3. The van der Waals surface area contributed by atoms with Crippen LogP contribution in [0.5, 0.6) is 0 Å². The van der Waals surface area contributed by atoms with Gasteiger partial charge in [-0.1, -0.05) is 12.8 Å². The molecule has 0 aromatic rings. The Morgan fingerprint density at radius 3 is 2.29 bits per heavy atom. The number of halogens is 3. The number of nitrogens with two attached hydrogens (primary N) is 1. The average Bonchev–Trinajstić information content (AvgIpc) is 2.26. The number of alkyl halides is 3. The van der Waals surface area contributed by atoms with Gasteiger partial charge in [-0.3, -0.25) is 0 Å². The zero-order valence-corrected chi connectivity index (χ0v) is 10.6. The van der Waals surface area contributed by atoms with Gasteiger partial charge < -0.3 is 11.1 Å². The maximum atomic E-state index is 12.8. The van der Waals surface area contributed by atoms with E-state index in [4.69, 9.17) is 5.73 Å². The molecule has 0 amide bonds. The Morgan fingerprint density at radius 2 is 1.76 bits per heavy atom. The van der Waals surface area contributed by atoms with Gasteiger partial charge in [-0.2, -0.15) is 13.2 Å². The van der Waals surface area contributed by atoms with Crippen molar-refractivity contribution in [3.05, 3.63) is 0 Å². The third-order valence-electron chi connectivity index (χ3n) is 3.68. The summed E-state index contributed by atoms with van der Waals surface area (Å²) in [6, 6.07) is 0. The molecule has 17 heavy (non-hydrogen) atoms. The highest BCUT2D eigenvalue weighted by Gasteiger charge is 2.45. The number of hydrogen-bond donors (Lipinski definition) is 2. The van der Waals surface area contributed by atoms with E-state index in [-0.39, 0.29) is 17.9 Å². The van der Waals surface area contributed by atoms with E-state index in [1.54, 1.807) is 0 Å². The molecule has 1 rings (SSSR count). The second-order valence-electron chi connectivity index (χ2n) is 5.66. The second kappa shape index (κ2) is 5.57. The fourth-order valence-electron chi connectivity index (χ4n) is 2.36. The molecule has 3 N–H and O–H groups in total. The van der Waals surface area contributed by atoms with Crippen LogP contribution in [0, 0.1) is 11.8 Å². The van der Waals surface area contributed by atoms with Crippen molar-refractivity contribution in [3.63, 3.8) is 0 Å². The fraction of sp³-hybridized carbons (Fsp3) is 1.00. The molecule has 1 fully saturated rings. The van der Waals surface area contributed by atoms with Crippen LogP contribution in [0.2, 0.25) is 0 Å². The minimum atomic E-state index is -4.06. The van der Waals surface area contributed by atoms with E-state index in [9.17, 15) is 13.2 Å². The predicted octanol–water partition coefficient (Wildman–Crippen LogP) is 2.68. The lowest BCUT2D eigenvalue weighted by molar-refractivity contribution is -0.196. The van der Waals surface area contributed by atoms with Crippen molar-refractivity contribution in [1.82, 2.24) is 5.32 Å². The fourth-order valence-corrected chi connectivity index (χ4v) is 2.36. The molecule has 0 bridgehead atoms. The Hall–Kier alpha value is -0.290. The van der Waals surface area contributed by atoms with Gasteiger partial charge in [0.15, 0.2) is 0 Å². The summed E-state index contributed by atoms with van der Waals surface area (Å²) in [6.45, 7) is 4.67. The van der Waals surface area contributed by atoms with Gasteiger partial charge >= 0.3 is 6.18 Å². The normalized spacial score (nSPS) is 27.2. The first kappa shape index (κ1) is 14.8. The van der Waals surface area contributed by atoms with Crippen LogP contribution in [-0.2, 0) is 0 Å². The van der Waals surface area contributed by atoms with Crippen LogP contribution >= 0.6 is 0 Å². The van der Waals surface area contributed by atoms with Crippen LogP contribution < -0.4 is 11.1 Å². The Morgan fingerprint density at radius 1 is 1.18 bits per heavy atom. The highest BCUT2D eigenvalue weighted by molar-refractivity contribution is 4.85. The van der Waals surface area contributed by atoms with E-state index in [2.05, 4.69) is 5.32 Å². The molecule has 2 nitrogen and oxygen atoms in total. The van der Waals surface area contributed by atoms with Gasteiger partial charge in [-0.15, -0.1) is 0 Å². The van der Waals surface area contributed by atoms with Crippen molar-refractivity contribution < 1.29 is 13.2 Å². The van der Waals surface area contributed by atoms with E-state index in [0.29, 0.717) is 25.9 Å². The van der Waals surface area contributed by atoms with Crippen molar-refractivity contribution in [1.29, 1.82) is 0 Å². The molecule has 5 heteroatoms. The average molecular weight is 252 g/mol. The molecule has 0 spiro atoms. The van der Waals surface area contributed by atoms with Crippen LogP contribution in [0.15, 0.2) is 0 Å². The maximum absolute atomic E-state index is 12.8. The molecule has 1 saturated carbocycles. The molecule has 102 valence electrons. The summed E-state index contributed by atoms with van der Waals surface area (Å²) in [5.74, 6) is -1.44. The van der Waals surface area contributed by atoms with Gasteiger partial charge in [-0.25, -0.2) is 0 Å². The van der Waals surface area contributed by atoms with Gasteiger partial charge in [0.25, 0.3) is 0 Å². The lowest BCUT2D eigenvalue weighted by atomic mass is 9.78. The lowest BCUT2D eigenvalue weighted by Gasteiger charge is -2.35. The highest BCUT2D eigenvalue weighted by Crippen LogP contribution is 2.41. The zero-order chi connectivity index (χ0) is 13.1. The third kappa shape index (κ3) is 4.47. The monoisotopic (exact) mass is 252 g/mol. The molecule has 0 aromatic heterocycles. The number of nitrogens with one attached hydrogen (secondary N) is 1. The summed E-state index contributed by atoms with van der Waals surface area (Å²) >= 11 is 0. The first-order chi connectivity index (χ1) is 7.76. The van der Waals surface area contributed by atoms with Crippen molar-refractivity contribution in [2.75, 3.05) is 13.1 Å². The van der Waals surface area contributed by atoms with Gasteiger partial charge in [0, 0.05) is 12.1 Å². The van der Waals surface area contributed by atoms with E-state index in [1.807, 2.05) is 13.8 Å². The molecule has 1 aliphatic carbocycles. The topological polar surface area (TPSA) is 38.0 Å². The summed E-state index contributed by atoms with van der Waals surface area (Å²) in [5.41, 5.74) is 5.27. The molecule has 2 unspecified atom stereocenters. The quantitative estimate of drug-likeness (QED) is 0.807. The van der Waals surface area contributed by atoms with Gasteiger partial charge in [-0.05, 0) is 39.2 Å². The van der Waals surface area contributed by atoms with E-state index < -0.39 is 12.1 Å². The number of rotatable bonds is 4. The molecule has 1 aliphatic rings. The van der Waals surface area contributed by atoms with Gasteiger partial charge in [0.2, 0.25) is 0 Å². The minimum absolute atomic E-state index is 0.277. The summed E-state index contributed by atoms with van der Waals surface area (Å²) in [4.78, 5) is 0. The largest absolute Gasteiger partial charge is 0.392 e. The molecular weight excluding hydrogens is 229 g/mol. The summed E-state index contributed by atoms with van der Waals surface area (Å²) in [7, 11) is 0. The van der Waals surface area contributed by atoms with E-state index in [0.717, 1.165) is 6.42 Å². The van der Waals surface area contributed by atoms with Crippen LogP contribution in [0.3, 0.4) is 0 Å². The molecule has 2 atom stereocenters. The molecular formula is C12H23F3N2. The van der Waals surface area contributed by atoms with Crippen LogP contribution in [-0.4, -0.2) is 24.8 Å². The first-order valence-corrected chi connectivity index (χ1v) is 6.28. The molecule has 0 aliphatic heterocycles. The first-order valence-electron chi connectivity index (χ1n) is 6.28. The van der Waals surface area contributed by atoms with Crippen LogP contribution in [0.1, 0.15) is 39.5 Å². The van der Waals surface area contributed by atoms with Crippen molar-refractivity contribution in [2.45, 2.75) is 51.2 Å².